The Labute approximate surface area is 229 Å². The van der Waals surface area contributed by atoms with Crippen LogP contribution < -0.4 is 0 Å². The van der Waals surface area contributed by atoms with Crippen molar-refractivity contribution in [3.05, 3.63) is 87.4 Å². The quantitative estimate of drug-likeness (QED) is 0.325. The Bertz CT molecular complexity index is 1300. The number of benzene rings is 2. The van der Waals surface area contributed by atoms with Gasteiger partial charge in [-0.15, -0.1) is 11.3 Å². The topological polar surface area (TPSA) is 60.9 Å². The van der Waals surface area contributed by atoms with E-state index < -0.39 is 10.0 Å². The highest BCUT2D eigenvalue weighted by Gasteiger charge is 2.29. The molecule has 0 N–H and O–H groups in total. The van der Waals surface area contributed by atoms with E-state index in [9.17, 15) is 17.6 Å². The van der Waals surface area contributed by atoms with Crippen LogP contribution in [-0.4, -0.2) is 61.2 Å². The molecular formula is C29H36FN3O3S2. The van der Waals surface area contributed by atoms with Gasteiger partial charge in [0.05, 0.1) is 18.0 Å². The lowest BCUT2D eigenvalue weighted by molar-refractivity contribution is -0.132. The molecule has 1 saturated heterocycles. The molecule has 1 aliphatic heterocycles. The molecule has 0 bridgehead atoms. The number of hydrogen-bond acceptors (Lipinski definition) is 5. The highest BCUT2D eigenvalue weighted by molar-refractivity contribution is 7.89. The maximum absolute atomic E-state index is 13.8. The Hall–Kier alpha value is -2.59. The van der Waals surface area contributed by atoms with Crippen LogP contribution in [0, 0.1) is 19.7 Å². The van der Waals surface area contributed by atoms with E-state index in [0.29, 0.717) is 13.1 Å². The molecule has 9 heteroatoms. The second-order valence-corrected chi connectivity index (χ2v) is 13.3. The molecular weight excluding hydrogens is 521 g/mol. The Balaban J connectivity index is 1.58. The molecule has 2 heterocycles. The summed E-state index contributed by atoms with van der Waals surface area (Å²) in [5.74, 6) is -0.622. The third-order valence-corrected chi connectivity index (χ3v) is 9.71. The maximum atomic E-state index is 13.8. The summed E-state index contributed by atoms with van der Waals surface area (Å²) in [4.78, 5) is 20.0. The summed E-state index contributed by atoms with van der Waals surface area (Å²) in [6.07, 6.45) is 3.41. The van der Waals surface area contributed by atoms with Gasteiger partial charge in [-0.2, -0.15) is 4.31 Å². The Morgan fingerprint density at radius 1 is 0.921 bits per heavy atom. The normalized spacial score (nSPS) is 14.6. The van der Waals surface area contributed by atoms with E-state index in [1.54, 1.807) is 52.6 Å². The van der Waals surface area contributed by atoms with Gasteiger partial charge in [0, 0.05) is 29.4 Å². The Kier molecular flexibility index (Phi) is 9.70. The van der Waals surface area contributed by atoms with Crippen LogP contribution >= 0.6 is 11.3 Å². The zero-order chi connectivity index (χ0) is 27.1. The predicted octanol–water partition coefficient (Wildman–Crippen LogP) is 5.21. The molecule has 1 fully saturated rings. The molecule has 0 spiro atoms. The molecule has 0 atom stereocenters. The Morgan fingerprint density at radius 3 is 2.24 bits per heavy atom. The molecule has 1 aliphatic rings. The van der Waals surface area contributed by atoms with Crippen molar-refractivity contribution in [2.75, 3.05) is 32.7 Å². The molecule has 3 aromatic rings. The fraction of sp³-hybridized carbons (Fsp3) is 0.414. The van der Waals surface area contributed by atoms with E-state index in [4.69, 9.17) is 0 Å². The number of thiophene rings is 1. The number of piperidine rings is 1. The summed E-state index contributed by atoms with van der Waals surface area (Å²) < 4.78 is 42.3. The zero-order valence-electron chi connectivity index (χ0n) is 22.1. The van der Waals surface area contributed by atoms with Crippen molar-refractivity contribution in [1.29, 1.82) is 0 Å². The molecule has 6 nitrogen and oxygen atoms in total. The van der Waals surface area contributed by atoms with Gasteiger partial charge in [-0.05, 0) is 81.7 Å². The van der Waals surface area contributed by atoms with Gasteiger partial charge >= 0.3 is 0 Å². The molecule has 0 radical (unpaired) electrons. The van der Waals surface area contributed by atoms with Gasteiger partial charge in [-0.1, -0.05) is 36.2 Å². The summed E-state index contributed by atoms with van der Waals surface area (Å²) in [6.45, 7) is 7.01. The first kappa shape index (κ1) is 28.4. The van der Waals surface area contributed by atoms with Crippen molar-refractivity contribution in [3.8, 4) is 0 Å². The average Bonchev–Trinajstić information content (AvgIpc) is 3.32. The number of aryl methyl sites for hydroxylation is 2. The van der Waals surface area contributed by atoms with Crippen LogP contribution in [-0.2, 0) is 27.9 Å². The van der Waals surface area contributed by atoms with E-state index in [-0.39, 0.29) is 36.3 Å². The highest BCUT2D eigenvalue weighted by Crippen LogP contribution is 2.21. The molecule has 38 heavy (non-hydrogen) atoms. The number of rotatable bonds is 11. The number of carbonyl (C=O) groups is 1. The molecule has 0 aliphatic carbocycles. The van der Waals surface area contributed by atoms with Crippen molar-refractivity contribution in [2.24, 2.45) is 0 Å². The molecule has 0 saturated carbocycles. The van der Waals surface area contributed by atoms with Crippen molar-refractivity contribution in [1.82, 2.24) is 14.1 Å². The molecule has 2 aromatic carbocycles. The SMILES string of the molecule is Cc1ccc(S(=O)(=O)N(CCN2CCCCC2)CC(=O)N(Cc2ccc(F)cc2)Cc2ccc(C)s2)cc1. The number of sulfonamides is 1. The van der Waals surface area contributed by atoms with Crippen LogP contribution in [0.5, 0.6) is 0 Å². The maximum Gasteiger partial charge on any atom is 0.243 e. The van der Waals surface area contributed by atoms with E-state index >= 15 is 0 Å². The first-order valence-corrected chi connectivity index (χ1v) is 15.3. The second kappa shape index (κ2) is 13.0. The van der Waals surface area contributed by atoms with Crippen LogP contribution in [0.15, 0.2) is 65.6 Å². The van der Waals surface area contributed by atoms with Crippen LogP contribution in [0.3, 0.4) is 0 Å². The monoisotopic (exact) mass is 557 g/mol. The minimum absolute atomic E-state index is 0.188. The predicted molar refractivity (Wildman–Crippen MR) is 150 cm³/mol. The van der Waals surface area contributed by atoms with Gasteiger partial charge in [-0.25, -0.2) is 12.8 Å². The molecule has 4 rings (SSSR count). The molecule has 204 valence electrons. The highest BCUT2D eigenvalue weighted by atomic mass is 32.2. The summed E-state index contributed by atoms with van der Waals surface area (Å²) in [7, 11) is -3.88. The molecule has 1 amide bonds. The number of halogens is 1. The number of amides is 1. The van der Waals surface area contributed by atoms with Gasteiger partial charge in [-0.3, -0.25) is 4.79 Å². The fourth-order valence-electron chi connectivity index (χ4n) is 4.63. The first-order chi connectivity index (χ1) is 18.2. The van der Waals surface area contributed by atoms with Gasteiger partial charge in [0.25, 0.3) is 0 Å². The minimum atomic E-state index is -3.88. The molecule has 0 unspecified atom stereocenters. The van der Waals surface area contributed by atoms with Crippen LogP contribution in [0.25, 0.3) is 0 Å². The van der Waals surface area contributed by atoms with E-state index in [1.165, 1.54) is 22.9 Å². The zero-order valence-corrected chi connectivity index (χ0v) is 23.7. The average molecular weight is 558 g/mol. The third kappa shape index (κ3) is 7.72. The van der Waals surface area contributed by atoms with Gasteiger partial charge in [0.2, 0.25) is 15.9 Å². The van der Waals surface area contributed by atoms with E-state index in [1.807, 2.05) is 26.0 Å². The standard InChI is InChI=1S/C29H36FN3O3S2/c1-23-6-14-28(15-7-23)38(35,36)33(19-18-31-16-4-3-5-17-31)22-29(34)32(21-27-13-8-24(2)37-27)20-25-9-11-26(30)12-10-25/h6-15H,3-5,16-22H2,1-2H3. The van der Waals surface area contributed by atoms with Crippen molar-refractivity contribution in [2.45, 2.75) is 51.1 Å². The summed E-state index contributed by atoms with van der Waals surface area (Å²) in [5.41, 5.74) is 1.76. The number of likely N-dealkylation sites (tertiary alicyclic amines) is 1. The van der Waals surface area contributed by atoms with E-state index in [0.717, 1.165) is 46.8 Å². The lowest BCUT2D eigenvalue weighted by atomic mass is 10.1. The number of carbonyl (C=O) groups excluding carboxylic acids is 1. The van der Waals surface area contributed by atoms with E-state index in [2.05, 4.69) is 4.90 Å². The van der Waals surface area contributed by atoms with Gasteiger partial charge in [0.1, 0.15) is 5.82 Å². The van der Waals surface area contributed by atoms with Crippen LogP contribution in [0.1, 0.15) is 40.1 Å². The first-order valence-electron chi connectivity index (χ1n) is 13.1. The van der Waals surface area contributed by atoms with Crippen molar-refractivity contribution in [3.63, 3.8) is 0 Å². The van der Waals surface area contributed by atoms with Crippen molar-refractivity contribution >= 4 is 27.3 Å². The lowest BCUT2D eigenvalue weighted by Gasteiger charge is -2.31. The smallest absolute Gasteiger partial charge is 0.243 e. The lowest BCUT2D eigenvalue weighted by Crippen LogP contribution is -2.45. The number of nitrogens with zero attached hydrogens (tertiary/aromatic N) is 3. The minimum Gasteiger partial charge on any atom is -0.332 e. The Morgan fingerprint density at radius 2 is 1.61 bits per heavy atom. The largest absolute Gasteiger partial charge is 0.332 e. The summed E-state index contributed by atoms with van der Waals surface area (Å²) in [6, 6.07) is 16.8. The third-order valence-electron chi connectivity index (χ3n) is 6.87. The van der Waals surface area contributed by atoms with Gasteiger partial charge in [0.15, 0.2) is 0 Å². The second-order valence-electron chi connectivity index (χ2n) is 9.94. The van der Waals surface area contributed by atoms with Crippen molar-refractivity contribution < 1.29 is 17.6 Å². The number of hydrogen-bond donors (Lipinski definition) is 0. The van der Waals surface area contributed by atoms with Crippen LogP contribution in [0.4, 0.5) is 4.39 Å². The molecule has 1 aromatic heterocycles. The summed E-state index contributed by atoms with van der Waals surface area (Å²) >= 11 is 1.61. The van der Waals surface area contributed by atoms with Crippen LogP contribution in [0.2, 0.25) is 0 Å². The fourth-order valence-corrected chi connectivity index (χ4v) is 6.92. The summed E-state index contributed by atoms with van der Waals surface area (Å²) in [5, 5.41) is 0. The van der Waals surface area contributed by atoms with Gasteiger partial charge < -0.3 is 9.80 Å².